The van der Waals surface area contributed by atoms with Gasteiger partial charge in [-0.15, -0.1) is 0 Å². The molecule has 4 rings (SSSR count). The van der Waals surface area contributed by atoms with Crippen LogP contribution in [0.1, 0.15) is 57.6 Å². The number of hydrogen-bond donors (Lipinski definition) is 2. The Morgan fingerprint density at radius 1 is 0.879 bits per heavy atom. The molecule has 2 N–H and O–H groups in total. The summed E-state index contributed by atoms with van der Waals surface area (Å²) in [4.78, 5) is 11.6. The topological polar surface area (TPSA) is 53.1 Å². The number of hydrogen-bond acceptors (Lipinski definition) is 5. The highest BCUT2D eigenvalue weighted by atomic mass is 15.2. The van der Waals surface area contributed by atoms with Gasteiger partial charge in [-0.25, -0.2) is 4.98 Å². The summed E-state index contributed by atoms with van der Waals surface area (Å²) in [6, 6.07) is 18.4. The molecule has 0 aliphatic heterocycles. The van der Waals surface area contributed by atoms with E-state index in [9.17, 15) is 0 Å². The largest absolute Gasteiger partial charge is 0.362 e. The molecule has 0 radical (unpaired) electrons. The molecular weight excluding hydrogens is 406 g/mol. The number of anilines is 2. The molecular formula is C28H39N5. The number of rotatable bonds is 7. The highest BCUT2D eigenvalue weighted by molar-refractivity contribution is 5.90. The second-order valence-corrected chi connectivity index (χ2v) is 10.6. The molecule has 2 aromatic carbocycles. The second kappa shape index (κ2) is 10.1. The van der Waals surface area contributed by atoms with Gasteiger partial charge in [0.1, 0.15) is 5.82 Å². The normalized spacial score (nSPS) is 18.9. The lowest BCUT2D eigenvalue weighted by molar-refractivity contribution is 0.355. The average molecular weight is 446 g/mol. The second-order valence-electron chi connectivity index (χ2n) is 10.6. The third kappa shape index (κ3) is 6.02. The summed E-state index contributed by atoms with van der Waals surface area (Å²) in [6.45, 7) is 7.84. The number of benzene rings is 2. The molecule has 1 aliphatic carbocycles. The van der Waals surface area contributed by atoms with E-state index in [4.69, 9.17) is 9.97 Å². The zero-order valence-electron chi connectivity index (χ0n) is 20.9. The van der Waals surface area contributed by atoms with E-state index in [1.807, 2.05) is 26.2 Å². The first-order valence-electron chi connectivity index (χ1n) is 12.3. The first-order chi connectivity index (χ1) is 15.8. The fourth-order valence-electron chi connectivity index (χ4n) is 4.68. The zero-order valence-corrected chi connectivity index (χ0v) is 20.9. The van der Waals surface area contributed by atoms with E-state index in [1.165, 1.54) is 24.0 Å². The van der Waals surface area contributed by atoms with Crippen LogP contribution in [0.25, 0.3) is 10.9 Å². The summed E-state index contributed by atoms with van der Waals surface area (Å²) < 4.78 is 0. The van der Waals surface area contributed by atoms with Gasteiger partial charge in [0.05, 0.1) is 5.52 Å². The molecule has 33 heavy (non-hydrogen) atoms. The predicted octanol–water partition coefficient (Wildman–Crippen LogP) is 5.55. The van der Waals surface area contributed by atoms with Gasteiger partial charge in [-0.05, 0) is 67.3 Å². The van der Waals surface area contributed by atoms with Crippen molar-refractivity contribution in [1.82, 2.24) is 15.3 Å². The maximum Gasteiger partial charge on any atom is 0.225 e. The molecule has 1 heterocycles. The molecule has 0 unspecified atom stereocenters. The maximum absolute atomic E-state index is 4.81. The van der Waals surface area contributed by atoms with Gasteiger partial charge in [-0.2, -0.15) is 4.98 Å². The minimum atomic E-state index is 0.218. The van der Waals surface area contributed by atoms with Crippen LogP contribution in [0, 0.1) is 0 Å². The first-order valence-corrected chi connectivity index (χ1v) is 12.3. The standard InChI is InChI=1S/C28H39N5/c1-28(2,3)21-12-10-20(11-13-21)18-19-29-22-14-16-23(17-15-22)30-27-31-25-9-7-6-8-24(25)26(32-27)33(4)5/h6-13,22-23,29H,14-19H2,1-5H3,(H,30,31,32)/t22-,23+. The van der Waals surface area contributed by atoms with E-state index in [0.29, 0.717) is 12.1 Å². The minimum Gasteiger partial charge on any atom is -0.362 e. The van der Waals surface area contributed by atoms with Crippen molar-refractivity contribution in [3.8, 4) is 0 Å². The number of para-hydroxylation sites is 1. The summed E-state index contributed by atoms with van der Waals surface area (Å²) >= 11 is 0. The van der Waals surface area contributed by atoms with Crippen molar-refractivity contribution in [2.75, 3.05) is 30.9 Å². The lowest BCUT2D eigenvalue weighted by atomic mass is 9.86. The molecule has 3 aromatic rings. The SMILES string of the molecule is CN(C)c1nc(N[C@H]2CC[C@@H](NCCc3ccc(C(C)(C)C)cc3)CC2)nc2ccccc12. The van der Waals surface area contributed by atoms with Gasteiger partial charge in [-0.3, -0.25) is 0 Å². The Hall–Kier alpha value is -2.66. The van der Waals surface area contributed by atoms with E-state index in [-0.39, 0.29) is 5.41 Å². The summed E-state index contributed by atoms with van der Waals surface area (Å²) in [5, 5.41) is 8.49. The molecule has 0 spiro atoms. The molecule has 0 amide bonds. The summed E-state index contributed by atoms with van der Waals surface area (Å²) in [5.41, 5.74) is 4.02. The lowest BCUT2D eigenvalue weighted by Crippen LogP contribution is -2.38. The van der Waals surface area contributed by atoms with Crippen LogP contribution in [0.15, 0.2) is 48.5 Å². The fraction of sp³-hybridized carbons (Fsp3) is 0.500. The van der Waals surface area contributed by atoms with Crippen molar-refractivity contribution >= 4 is 22.7 Å². The van der Waals surface area contributed by atoms with Crippen molar-refractivity contribution < 1.29 is 0 Å². The Morgan fingerprint density at radius 3 is 2.21 bits per heavy atom. The van der Waals surface area contributed by atoms with E-state index < -0.39 is 0 Å². The van der Waals surface area contributed by atoms with Crippen LogP contribution in [0.5, 0.6) is 0 Å². The molecule has 0 bridgehead atoms. The molecule has 0 atom stereocenters. The van der Waals surface area contributed by atoms with Gasteiger partial charge in [0.15, 0.2) is 0 Å². The zero-order chi connectivity index (χ0) is 23.4. The number of fused-ring (bicyclic) bond motifs is 1. The molecule has 176 valence electrons. The van der Waals surface area contributed by atoms with E-state index in [2.05, 4.69) is 72.7 Å². The summed E-state index contributed by atoms with van der Waals surface area (Å²) in [5.74, 6) is 1.71. The van der Waals surface area contributed by atoms with Crippen LogP contribution in [-0.4, -0.2) is 42.7 Å². The van der Waals surface area contributed by atoms with Crippen molar-refractivity contribution in [2.24, 2.45) is 0 Å². The van der Waals surface area contributed by atoms with E-state index >= 15 is 0 Å². The van der Waals surface area contributed by atoms with Crippen LogP contribution < -0.4 is 15.5 Å². The molecule has 1 aromatic heterocycles. The van der Waals surface area contributed by atoms with Gasteiger partial charge >= 0.3 is 0 Å². The molecule has 1 aliphatic rings. The van der Waals surface area contributed by atoms with Crippen molar-refractivity contribution in [2.45, 2.75) is 70.4 Å². The quantitative estimate of drug-likeness (QED) is 0.499. The Bertz CT molecular complexity index is 1040. The van der Waals surface area contributed by atoms with Crippen molar-refractivity contribution in [3.05, 3.63) is 59.7 Å². The fourth-order valence-corrected chi connectivity index (χ4v) is 4.68. The number of nitrogens with zero attached hydrogens (tertiary/aromatic N) is 3. The minimum absolute atomic E-state index is 0.218. The highest BCUT2D eigenvalue weighted by Gasteiger charge is 2.22. The average Bonchev–Trinajstić information content (AvgIpc) is 2.79. The Morgan fingerprint density at radius 2 is 1.55 bits per heavy atom. The third-order valence-corrected chi connectivity index (χ3v) is 6.73. The highest BCUT2D eigenvalue weighted by Crippen LogP contribution is 2.26. The molecule has 5 nitrogen and oxygen atoms in total. The Labute approximate surface area is 199 Å². The molecule has 1 saturated carbocycles. The number of aromatic nitrogens is 2. The third-order valence-electron chi connectivity index (χ3n) is 6.73. The van der Waals surface area contributed by atoms with E-state index in [1.54, 1.807) is 0 Å². The van der Waals surface area contributed by atoms with E-state index in [0.717, 1.165) is 48.5 Å². The van der Waals surface area contributed by atoms with Crippen LogP contribution in [0.3, 0.4) is 0 Å². The summed E-state index contributed by atoms with van der Waals surface area (Å²) in [6.07, 6.45) is 5.75. The smallest absolute Gasteiger partial charge is 0.225 e. The van der Waals surface area contributed by atoms with Crippen LogP contribution in [0.2, 0.25) is 0 Å². The monoisotopic (exact) mass is 445 g/mol. The van der Waals surface area contributed by atoms with Crippen LogP contribution in [0.4, 0.5) is 11.8 Å². The Kier molecular flexibility index (Phi) is 7.18. The van der Waals surface area contributed by atoms with Gasteiger partial charge < -0.3 is 15.5 Å². The van der Waals surface area contributed by atoms with Crippen molar-refractivity contribution in [1.29, 1.82) is 0 Å². The van der Waals surface area contributed by atoms with Gasteiger partial charge in [0, 0.05) is 31.6 Å². The molecule has 5 heteroatoms. The maximum atomic E-state index is 4.81. The Balaban J connectivity index is 1.26. The first kappa shape index (κ1) is 23.5. The van der Waals surface area contributed by atoms with Gasteiger partial charge in [0.25, 0.3) is 0 Å². The van der Waals surface area contributed by atoms with Gasteiger partial charge in [0.2, 0.25) is 5.95 Å². The predicted molar refractivity (Wildman–Crippen MR) is 140 cm³/mol. The van der Waals surface area contributed by atoms with Gasteiger partial charge in [-0.1, -0.05) is 57.2 Å². The molecule has 1 fully saturated rings. The summed E-state index contributed by atoms with van der Waals surface area (Å²) in [7, 11) is 4.07. The number of nitrogens with one attached hydrogen (secondary N) is 2. The van der Waals surface area contributed by atoms with Crippen LogP contribution in [-0.2, 0) is 11.8 Å². The molecule has 0 saturated heterocycles. The van der Waals surface area contributed by atoms with Crippen LogP contribution >= 0.6 is 0 Å². The lowest BCUT2D eigenvalue weighted by Gasteiger charge is -2.30. The van der Waals surface area contributed by atoms with Crippen molar-refractivity contribution in [3.63, 3.8) is 0 Å².